The molecule has 23 heavy (non-hydrogen) atoms. The highest BCUT2D eigenvalue weighted by Gasteiger charge is 2.36. The molecule has 1 saturated heterocycles. The summed E-state index contributed by atoms with van der Waals surface area (Å²) in [4.78, 5) is 37.6. The molecular formula is C16H18N2O4S. The number of carboxylic acid groups (broad SMARTS) is 1. The van der Waals surface area contributed by atoms with Gasteiger partial charge in [0.1, 0.15) is 6.54 Å². The zero-order chi connectivity index (χ0) is 17.0. The van der Waals surface area contributed by atoms with Crippen molar-refractivity contribution < 1.29 is 19.5 Å². The molecule has 2 rings (SSSR count). The number of anilines is 1. The molecule has 1 aromatic rings. The Kier molecular flexibility index (Phi) is 5.44. The molecule has 122 valence electrons. The first-order valence-corrected chi connectivity index (χ1v) is 8.10. The average Bonchev–Trinajstić information content (AvgIpc) is 2.77. The number of carboxylic acids is 1. The normalized spacial score (nSPS) is 16.3. The first-order valence-electron chi connectivity index (χ1n) is 7.28. The molecule has 0 aliphatic carbocycles. The van der Waals surface area contributed by atoms with Crippen LogP contribution in [0, 0.1) is 0 Å². The van der Waals surface area contributed by atoms with Crippen molar-refractivity contribution in [2.45, 2.75) is 13.8 Å². The number of benzene rings is 1. The van der Waals surface area contributed by atoms with E-state index in [4.69, 9.17) is 5.11 Å². The second-order valence-corrected chi connectivity index (χ2v) is 5.92. The Morgan fingerprint density at radius 1 is 1.22 bits per heavy atom. The van der Waals surface area contributed by atoms with Gasteiger partial charge in [-0.2, -0.15) is 0 Å². The average molecular weight is 334 g/mol. The van der Waals surface area contributed by atoms with Gasteiger partial charge in [0.15, 0.2) is 0 Å². The van der Waals surface area contributed by atoms with Crippen molar-refractivity contribution in [2.24, 2.45) is 0 Å². The van der Waals surface area contributed by atoms with Gasteiger partial charge in [0.25, 0.3) is 11.1 Å². The molecule has 0 spiro atoms. The Labute approximate surface area is 138 Å². The molecule has 0 saturated carbocycles. The minimum Gasteiger partial charge on any atom is -0.480 e. The number of amides is 2. The molecule has 2 amide bonds. The Balaban J connectivity index is 2.17. The van der Waals surface area contributed by atoms with Gasteiger partial charge < -0.3 is 10.0 Å². The van der Waals surface area contributed by atoms with Crippen molar-refractivity contribution in [3.05, 3.63) is 34.7 Å². The van der Waals surface area contributed by atoms with Crippen molar-refractivity contribution in [3.63, 3.8) is 0 Å². The first-order chi connectivity index (χ1) is 11.0. The fourth-order valence-corrected chi connectivity index (χ4v) is 3.13. The van der Waals surface area contributed by atoms with Crippen molar-refractivity contribution in [1.82, 2.24) is 4.90 Å². The number of aliphatic carboxylic acids is 1. The standard InChI is InChI=1S/C16H18N2O4S/c1-3-17(4-2)12-7-5-11(6-8-12)9-13-15(21)18(10-14(19)20)16(22)23-13/h5-9H,3-4,10H2,1-2H3,(H,19,20)/b13-9-. The predicted octanol–water partition coefficient (Wildman–Crippen LogP) is 2.65. The van der Waals surface area contributed by atoms with Crippen LogP contribution in [0.1, 0.15) is 19.4 Å². The fourth-order valence-electron chi connectivity index (χ4n) is 2.29. The van der Waals surface area contributed by atoms with Gasteiger partial charge >= 0.3 is 5.97 Å². The van der Waals surface area contributed by atoms with Crippen LogP contribution in [-0.4, -0.2) is 46.8 Å². The van der Waals surface area contributed by atoms with Gasteiger partial charge in [0.05, 0.1) is 4.91 Å². The Hall–Kier alpha value is -2.28. The van der Waals surface area contributed by atoms with Crippen LogP contribution >= 0.6 is 11.8 Å². The maximum Gasteiger partial charge on any atom is 0.323 e. The third kappa shape index (κ3) is 3.92. The molecule has 0 atom stereocenters. The number of rotatable bonds is 6. The van der Waals surface area contributed by atoms with Crippen molar-refractivity contribution >= 4 is 40.6 Å². The number of thioether (sulfide) groups is 1. The lowest BCUT2D eigenvalue weighted by Gasteiger charge is -2.20. The van der Waals surface area contributed by atoms with E-state index < -0.39 is 23.7 Å². The molecule has 0 aromatic heterocycles. The summed E-state index contributed by atoms with van der Waals surface area (Å²) in [5.41, 5.74) is 1.88. The van der Waals surface area contributed by atoms with Crippen LogP contribution in [0.4, 0.5) is 10.5 Å². The molecule has 1 heterocycles. The molecule has 0 bridgehead atoms. The van der Waals surface area contributed by atoms with Crippen LogP contribution < -0.4 is 4.90 Å². The third-order valence-corrected chi connectivity index (χ3v) is 4.39. The summed E-state index contributed by atoms with van der Waals surface area (Å²) in [7, 11) is 0. The molecule has 1 aliphatic heterocycles. The summed E-state index contributed by atoms with van der Waals surface area (Å²) in [6.07, 6.45) is 1.61. The van der Waals surface area contributed by atoms with E-state index in [2.05, 4.69) is 18.7 Å². The molecule has 6 nitrogen and oxygen atoms in total. The summed E-state index contributed by atoms with van der Waals surface area (Å²) in [5, 5.41) is 8.18. The van der Waals surface area contributed by atoms with E-state index in [1.54, 1.807) is 6.08 Å². The number of carbonyl (C=O) groups is 3. The van der Waals surface area contributed by atoms with Gasteiger partial charge in [0, 0.05) is 18.8 Å². The number of carbonyl (C=O) groups excluding carboxylic acids is 2. The highest BCUT2D eigenvalue weighted by atomic mass is 32.2. The number of hydrogen-bond acceptors (Lipinski definition) is 5. The number of hydrogen-bond donors (Lipinski definition) is 1. The van der Waals surface area contributed by atoms with E-state index in [1.165, 1.54) is 0 Å². The molecule has 1 aliphatic rings. The summed E-state index contributed by atoms with van der Waals surface area (Å²) < 4.78 is 0. The van der Waals surface area contributed by atoms with E-state index in [0.29, 0.717) is 0 Å². The zero-order valence-electron chi connectivity index (χ0n) is 13.0. The molecule has 1 N–H and O–H groups in total. The van der Waals surface area contributed by atoms with Gasteiger partial charge in [-0.25, -0.2) is 0 Å². The van der Waals surface area contributed by atoms with E-state index >= 15 is 0 Å². The quantitative estimate of drug-likeness (QED) is 0.806. The van der Waals surface area contributed by atoms with E-state index in [9.17, 15) is 14.4 Å². The second kappa shape index (κ2) is 7.32. The van der Waals surface area contributed by atoms with Crippen LogP contribution in [-0.2, 0) is 9.59 Å². The summed E-state index contributed by atoms with van der Waals surface area (Å²) in [6.45, 7) is 5.36. The monoisotopic (exact) mass is 334 g/mol. The van der Waals surface area contributed by atoms with Gasteiger partial charge in [0.2, 0.25) is 0 Å². The largest absolute Gasteiger partial charge is 0.480 e. The van der Waals surface area contributed by atoms with Gasteiger partial charge in [-0.15, -0.1) is 0 Å². The van der Waals surface area contributed by atoms with Crippen molar-refractivity contribution in [3.8, 4) is 0 Å². The summed E-state index contributed by atoms with van der Waals surface area (Å²) in [5.74, 6) is -1.77. The lowest BCUT2D eigenvalue weighted by atomic mass is 10.1. The Bertz CT molecular complexity index is 651. The van der Waals surface area contributed by atoms with E-state index in [-0.39, 0.29) is 4.91 Å². The third-order valence-electron chi connectivity index (χ3n) is 3.49. The minimum absolute atomic E-state index is 0.242. The molecule has 0 radical (unpaired) electrons. The summed E-state index contributed by atoms with van der Waals surface area (Å²) in [6, 6.07) is 7.66. The molecular weight excluding hydrogens is 316 g/mol. The maximum absolute atomic E-state index is 12.1. The van der Waals surface area contributed by atoms with Crippen LogP contribution in [0.15, 0.2) is 29.2 Å². The Morgan fingerprint density at radius 2 is 1.83 bits per heavy atom. The molecule has 1 aromatic carbocycles. The predicted molar refractivity (Wildman–Crippen MR) is 90.3 cm³/mol. The smallest absolute Gasteiger partial charge is 0.323 e. The molecule has 0 unspecified atom stereocenters. The van der Waals surface area contributed by atoms with Crippen molar-refractivity contribution in [2.75, 3.05) is 24.5 Å². The molecule has 7 heteroatoms. The van der Waals surface area contributed by atoms with Crippen LogP contribution in [0.5, 0.6) is 0 Å². The minimum atomic E-state index is -1.21. The lowest BCUT2D eigenvalue weighted by molar-refractivity contribution is -0.140. The van der Waals surface area contributed by atoms with Crippen molar-refractivity contribution in [1.29, 1.82) is 0 Å². The van der Waals surface area contributed by atoms with Crippen LogP contribution in [0.2, 0.25) is 0 Å². The molecule has 1 fully saturated rings. The van der Waals surface area contributed by atoms with E-state index in [1.807, 2.05) is 24.3 Å². The number of nitrogens with zero attached hydrogens (tertiary/aromatic N) is 2. The summed E-state index contributed by atoms with van der Waals surface area (Å²) >= 11 is 0.763. The first kappa shape index (κ1) is 17.1. The number of imide groups is 1. The lowest BCUT2D eigenvalue weighted by Crippen LogP contribution is -2.33. The SMILES string of the molecule is CCN(CC)c1ccc(/C=C2\SC(=O)N(CC(=O)O)C2=O)cc1. The fraction of sp³-hybridized carbons (Fsp3) is 0.312. The van der Waals surface area contributed by atoms with Gasteiger partial charge in [-0.3, -0.25) is 19.3 Å². The topological polar surface area (TPSA) is 77.9 Å². The van der Waals surface area contributed by atoms with Crippen LogP contribution in [0.3, 0.4) is 0 Å². The highest BCUT2D eigenvalue weighted by Crippen LogP contribution is 2.32. The zero-order valence-corrected chi connectivity index (χ0v) is 13.8. The van der Waals surface area contributed by atoms with Crippen LogP contribution in [0.25, 0.3) is 6.08 Å². The Morgan fingerprint density at radius 3 is 2.35 bits per heavy atom. The highest BCUT2D eigenvalue weighted by molar-refractivity contribution is 8.18. The van der Waals surface area contributed by atoms with E-state index in [0.717, 1.165) is 41.0 Å². The second-order valence-electron chi connectivity index (χ2n) is 4.93. The maximum atomic E-state index is 12.1. The van der Waals surface area contributed by atoms with Gasteiger partial charge in [-0.1, -0.05) is 12.1 Å². The van der Waals surface area contributed by atoms with Gasteiger partial charge in [-0.05, 0) is 49.4 Å².